The summed E-state index contributed by atoms with van der Waals surface area (Å²) < 4.78 is 7.20. The van der Waals surface area contributed by atoms with Gasteiger partial charge in [0.25, 0.3) is 5.56 Å². The molecule has 4 nitrogen and oxygen atoms in total. The Morgan fingerprint density at radius 2 is 1.85 bits per heavy atom. The minimum Gasteiger partial charge on any atom is -0.497 e. The van der Waals surface area contributed by atoms with Crippen molar-refractivity contribution in [3.8, 4) is 16.2 Å². The molecule has 1 N–H and O–H groups in total. The van der Waals surface area contributed by atoms with Crippen LogP contribution in [0.3, 0.4) is 0 Å². The second kappa shape index (κ2) is 6.90. The summed E-state index contributed by atoms with van der Waals surface area (Å²) in [7, 11) is 1.63. The van der Waals surface area contributed by atoms with Crippen LogP contribution in [0, 0.1) is 4.77 Å². The van der Waals surface area contributed by atoms with Crippen LogP contribution in [0.2, 0.25) is 0 Å². The topological polar surface area (TPSA) is 47.0 Å². The molecule has 0 unspecified atom stereocenters. The van der Waals surface area contributed by atoms with Crippen molar-refractivity contribution in [3.63, 3.8) is 0 Å². The number of hydrogen-bond acceptors (Lipinski definition) is 4. The van der Waals surface area contributed by atoms with Crippen molar-refractivity contribution in [3.05, 3.63) is 81.4 Å². The lowest BCUT2D eigenvalue weighted by atomic mass is 10.2. The third-order valence-corrected chi connectivity index (χ3v) is 5.65. The van der Waals surface area contributed by atoms with Gasteiger partial charge in [0.1, 0.15) is 10.6 Å². The predicted octanol–water partition coefficient (Wildman–Crippen LogP) is 4.84. The quantitative estimate of drug-likeness (QED) is 0.515. The van der Waals surface area contributed by atoms with Gasteiger partial charge in [0.15, 0.2) is 4.77 Å². The Morgan fingerprint density at radius 1 is 1.12 bits per heavy atom. The highest BCUT2D eigenvalue weighted by molar-refractivity contribution is 7.71. The zero-order chi connectivity index (χ0) is 18.1. The second-order valence-electron chi connectivity index (χ2n) is 5.89. The maximum atomic E-state index is 13.0. The number of ether oxygens (including phenoxy) is 1. The number of nitrogens with zero attached hydrogens (tertiary/aromatic N) is 1. The lowest BCUT2D eigenvalue weighted by molar-refractivity contribution is 0.414. The van der Waals surface area contributed by atoms with Crippen molar-refractivity contribution in [2.75, 3.05) is 7.11 Å². The summed E-state index contributed by atoms with van der Waals surface area (Å²) in [5.74, 6) is 0.784. The first-order valence-corrected chi connectivity index (χ1v) is 9.33. The highest BCUT2D eigenvalue weighted by Gasteiger charge is 2.11. The normalized spacial score (nSPS) is 11.0. The van der Waals surface area contributed by atoms with Crippen LogP contribution in [-0.4, -0.2) is 16.7 Å². The molecule has 0 radical (unpaired) electrons. The summed E-state index contributed by atoms with van der Waals surface area (Å²) in [4.78, 5) is 18.0. The predicted molar refractivity (Wildman–Crippen MR) is 109 cm³/mol. The van der Waals surface area contributed by atoms with E-state index in [4.69, 9.17) is 17.0 Å². The standard InChI is InChI=1S/C20H16N2O2S2/c1-24-15-9-7-13(8-10-15)12-22-19(23)16-11-17(14-5-3-2-4-6-14)26-18(16)21-20(22)25/h2-11H,12H2,1H3,(H,21,25). The maximum absolute atomic E-state index is 13.0. The van der Waals surface area contributed by atoms with Crippen LogP contribution >= 0.6 is 23.6 Å². The SMILES string of the molecule is COc1ccc(Cn2c(=S)[nH]c3sc(-c4ccccc4)cc3c2=O)cc1. The highest BCUT2D eigenvalue weighted by atomic mass is 32.1. The van der Waals surface area contributed by atoms with E-state index in [2.05, 4.69) is 4.98 Å². The average Bonchev–Trinajstić information content (AvgIpc) is 3.10. The number of hydrogen-bond donors (Lipinski definition) is 1. The molecule has 4 aromatic rings. The van der Waals surface area contributed by atoms with Gasteiger partial charge in [-0.3, -0.25) is 9.36 Å². The van der Waals surface area contributed by atoms with Gasteiger partial charge in [0.05, 0.1) is 19.0 Å². The molecule has 4 rings (SSSR count). The Labute approximate surface area is 159 Å². The van der Waals surface area contributed by atoms with Crippen LogP contribution < -0.4 is 10.3 Å². The minimum absolute atomic E-state index is 0.0713. The maximum Gasteiger partial charge on any atom is 0.263 e. The van der Waals surface area contributed by atoms with E-state index in [-0.39, 0.29) is 5.56 Å². The number of benzene rings is 2. The Balaban J connectivity index is 1.78. The third-order valence-electron chi connectivity index (χ3n) is 4.23. The molecule has 2 aromatic heterocycles. The van der Waals surface area contributed by atoms with Gasteiger partial charge in [0, 0.05) is 4.88 Å². The van der Waals surface area contributed by atoms with E-state index < -0.39 is 0 Å². The second-order valence-corrected chi connectivity index (χ2v) is 7.33. The van der Waals surface area contributed by atoms with E-state index in [0.717, 1.165) is 26.6 Å². The summed E-state index contributed by atoms with van der Waals surface area (Å²) in [6.45, 7) is 0.421. The fraction of sp³-hybridized carbons (Fsp3) is 0.100. The molecule has 0 amide bonds. The number of aromatic nitrogens is 2. The van der Waals surface area contributed by atoms with Crippen LogP contribution in [0.15, 0.2) is 65.5 Å². The molecule has 26 heavy (non-hydrogen) atoms. The summed E-state index contributed by atoms with van der Waals surface area (Å²) in [5.41, 5.74) is 2.01. The van der Waals surface area contributed by atoms with E-state index >= 15 is 0 Å². The summed E-state index contributed by atoms with van der Waals surface area (Å²) in [6, 6.07) is 19.6. The lowest BCUT2D eigenvalue weighted by Gasteiger charge is -2.07. The summed E-state index contributed by atoms with van der Waals surface area (Å²) in [6.07, 6.45) is 0. The molecule has 0 aliphatic rings. The van der Waals surface area contributed by atoms with Crippen molar-refractivity contribution in [2.45, 2.75) is 6.54 Å². The van der Waals surface area contributed by atoms with Crippen molar-refractivity contribution >= 4 is 33.8 Å². The molecule has 130 valence electrons. The number of methoxy groups -OCH3 is 1. The van der Waals surface area contributed by atoms with Crippen LogP contribution in [0.25, 0.3) is 20.7 Å². The molecule has 0 atom stereocenters. The number of thiophene rings is 1. The largest absolute Gasteiger partial charge is 0.497 e. The number of fused-ring (bicyclic) bond motifs is 1. The van der Waals surface area contributed by atoms with Crippen molar-refractivity contribution < 1.29 is 4.74 Å². The van der Waals surface area contributed by atoms with Crippen molar-refractivity contribution in [1.29, 1.82) is 0 Å². The zero-order valence-electron chi connectivity index (χ0n) is 14.1. The minimum atomic E-state index is -0.0713. The van der Waals surface area contributed by atoms with Gasteiger partial charge in [-0.15, -0.1) is 11.3 Å². The number of aromatic amines is 1. The summed E-state index contributed by atoms with van der Waals surface area (Å²) >= 11 is 6.98. The third kappa shape index (κ3) is 3.09. The molecule has 0 saturated heterocycles. The average molecular weight is 380 g/mol. The Kier molecular flexibility index (Phi) is 4.44. The molecule has 0 fully saturated rings. The molecule has 0 aliphatic carbocycles. The first-order valence-electron chi connectivity index (χ1n) is 8.11. The highest BCUT2D eigenvalue weighted by Crippen LogP contribution is 2.30. The van der Waals surface area contributed by atoms with Crippen LogP contribution in [0.4, 0.5) is 0 Å². The van der Waals surface area contributed by atoms with Crippen LogP contribution in [-0.2, 0) is 6.54 Å². The van der Waals surface area contributed by atoms with Gasteiger partial charge in [0.2, 0.25) is 0 Å². The molecular formula is C20H16N2O2S2. The van der Waals surface area contributed by atoms with Gasteiger partial charge >= 0.3 is 0 Å². The molecule has 6 heteroatoms. The van der Waals surface area contributed by atoms with Gasteiger partial charge in [-0.1, -0.05) is 42.5 Å². The van der Waals surface area contributed by atoms with Gasteiger partial charge < -0.3 is 9.72 Å². The lowest BCUT2D eigenvalue weighted by Crippen LogP contribution is -2.22. The van der Waals surface area contributed by atoms with Crippen molar-refractivity contribution in [1.82, 2.24) is 9.55 Å². The first kappa shape index (κ1) is 16.8. The fourth-order valence-electron chi connectivity index (χ4n) is 2.85. The van der Waals surface area contributed by atoms with Crippen molar-refractivity contribution in [2.24, 2.45) is 0 Å². The Morgan fingerprint density at radius 3 is 2.54 bits per heavy atom. The molecule has 2 heterocycles. The van der Waals surface area contributed by atoms with E-state index in [0.29, 0.717) is 16.7 Å². The van der Waals surface area contributed by atoms with E-state index in [1.165, 1.54) is 0 Å². The van der Waals surface area contributed by atoms with E-state index in [1.54, 1.807) is 23.0 Å². The molecular weight excluding hydrogens is 364 g/mol. The van der Waals surface area contributed by atoms with Gasteiger partial charge in [-0.05, 0) is 41.5 Å². The molecule has 0 saturated carbocycles. The molecule has 0 bridgehead atoms. The van der Waals surface area contributed by atoms with Gasteiger partial charge in [-0.2, -0.15) is 0 Å². The molecule has 2 aromatic carbocycles. The zero-order valence-corrected chi connectivity index (χ0v) is 15.7. The van der Waals surface area contributed by atoms with E-state index in [9.17, 15) is 4.79 Å². The number of rotatable bonds is 4. The van der Waals surface area contributed by atoms with Crippen LogP contribution in [0.1, 0.15) is 5.56 Å². The fourth-order valence-corrected chi connectivity index (χ4v) is 4.22. The monoisotopic (exact) mass is 380 g/mol. The van der Waals surface area contributed by atoms with E-state index in [1.807, 2.05) is 60.7 Å². The Bertz CT molecular complexity index is 1170. The number of nitrogens with one attached hydrogen (secondary N) is 1. The summed E-state index contributed by atoms with van der Waals surface area (Å²) in [5, 5.41) is 0.663. The smallest absolute Gasteiger partial charge is 0.263 e. The Hall–Kier alpha value is -2.70. The van der Waals surface area contributed by atoms with Crippen LogP contribution in [0.5, 0.6) is 5.75 Å². The molecule has 0 aliphatic heterocycles. The first-order chi connectivity index (χ1) is 12.7. The number of H-pyrrole nitrogens is 1. The molecule has 0 spiro atoms. The van der Waals surface area contributed by atoms with Gasteiger partial charge in [-0.25, -0.2) is 0 Å².